The molecule has 0 aliphatic carbocycles. The highest BCUT2D eigenvalue weighted by molar-refractivity contribution is 9.11. The van der Waals surface area contributed by atoms with Crippen molar-refractivity contribution in [2.75, 3.05) is 18.5 Å². The van der Waals surface area contributed by atoms with Crippen LogP contribution in [0.4, 0.5) is 5.13 Å². The predicted molar refractivity (Wildman–Crippen MR) is 97.6 cm³/mol. The van der Waals surface area contributed by atoms with Gasteiger partial charge in [-0.1, -0.05) is 20.3 Å². The number of aromatic nitrogens is 1. The van der Waals surface area contributed by atoms with Crippen molar-refractivity contribution in [3.05, 3.63) is 31.4 Å². The van der Waals surface area contributed by atoms with Crippen molar-refractivity contribution >= 4 is 43.7 Å². The third kappa shape index (κ3) is 4.77. The van der Waals surface area contributed by atoms with Gasteiger partial charge in [-0.2, -0.15) is 0 Å². The zero-order chi connectivity index (χ0) is 15.2. The Labute approximate surface area is 143 Å². The van der Waals surface area contributed by atoms with Crippen molar-refractivity contribution in [1.82, 2.24) is 10.3 Å². The van der Waals surface area contributed by atoms with Crippen LogP contribution in [0.5, 0.6) is 0 Å². The topological polar surface area (TPSA) is 28.2 Å². The van der Waals surface area contributed by atoms with E-state index in [2.05, 4.69) is 58.5 Å². The van der Waals surface area contributed by atoms with Crippen LogP contribution in [0.3, 0.4) is 0 Å². The minimum atomic E-state index is 0.905. The van der Waals surface area contributed by atoms with Gasteiger partial charge < -0.3 is 10.2 Å². The predicted octanol–water partition coefficient (Wildman–Crippen LogP) is 4.67. The first-order valence-electron chi connectivity index (χ1n) is 7.27. The molecule has 0 aromatic carbocycles. The van der Waals surface area contributed by atoms with Gasteiger partial charge in [0.2, 0.25) is 0 Å². The molecule has 2 heterocycles. The Kier molecular flexibility index (Phi) is 6.67. The maximum absolute atomic E-state index is 4.85. The van der Waals surface area contributed by atoms with Gasteiger partial charge in [0.25, 0.3) is 0 Å². The number of hydrogen-bond donors (Lipinski definition) is 1. The van der Waals surface area contributed by atoms with Crippen LogP contribution in [0, 0.1) is 0 Å². The minimum absolute atomic E-state index is 0.905. The molecule has 1 N–H and O–H groups in total. The second-order valence-electron chi connectivity index (χ2n) is 5.01. The van der Waals surface area contributed by atoms with E-state index in [1.165, 1.54) is 19.9 Å². The number of nitrogens with zero attached hydrogens (tertiary/aromatic N) is 2. The summed E-state index contributed by atoms with van der Waals surface area (Å²) < 4.78 is 1.18. The molecule has 0 saturated carbocycles. The van der Waals surface area contributed by atoms with Crippen LogP contribution in [0.2, 0.25) is 0 Å². The quantitative estimate of drug-likeness (QED) is 0.713. The Balaban J connectivity index is 2.10. The summed E-state index contributed by atoms with van der Waals surface area (Å²) in [6, 6.07) is 2.18. The number of thiophene rings is 1. The first kappa shape index (κ1) is 16.9. The Morgan fingerprint density at radius 1 is 1.38 bits per heavy atom. The van der Waals surface area contributed by atoms with Gasteiger partial charge >= 0.3 is 0 Å². The zero-order valence-electron chi connectivity index (χ0n) is 12.8. The normalized spacial score (nSPS) is 11.0. The third-order valence-corrected chi connectivity index (χ3v) is 5.92. The number of anilines is 1. The number of nitrogens with one attached hydrogen (secondary N) is 1. The van der Waals surface area contributed by atoms with Gasteiger partial charge in [0.1, 0.15) is 0 Å². The van der Waals surface area contributed by atoms with Gasteiger partial charge in [-0.15, -0.1) is 22.7 Å². The Hall–Kier alpha value is -0.430. The molecular weight excluding hydrogens is 366 g/mol. The molecule has 0 atom stereocenters. The standard InChI is InChI=1S/C15H22BrN3S2/c1-4-6-12-13(8-17-5-2)21-15(18-12)19(3)9-11-7-14(16)20-10-11/h7,10,17H,4-6,8-9H2,1-3H3. The number of thiazole rings is 1. The fraction of sp³-hybridized carbons (Fsp3) is 0.533. The Bertz CT molecular complexity index is 565. The molecular formula is C15H22BrN3S2. The second kappa shape index (κ2) is 8.27. The van der Waals surface area contributed by atoms with Gasteiger partial charge in [0.05, 0.1) is 9.48 Å². The van der Waals surface area contributed by atoms with Gasteiger partial charge in [-0.05, 0) is 45.9 Å². The van der Waals surface area contributed by atoms with Gasteiger partial charge in [-0.3, -0.25) is 0 Å². The highest BCUT2D eigenvalue weighted by atomic mass is 79.9. The summed E-state index contributed by atoms with van der Waals surface area (Å²) in [5.74, 6) is 0. The lowest BCUT2D eigenvalue weighted by Crippen LogP contribution is -2.15. The maximum Gasteiger partial charge on any atom is 0.185 e. The lowest BCUT2D eigenvalue weighted by molar-refractivity contribution is 0.723. The van der Waals surface area contributed by atoms with E-state index in [1.807, 2.05) is 11.3 Å². The van der Waals surface area contributed by atoms with Crippen molar-refractivity contribution in [1.29, 1.82) is 0 Å². The van der Waals surface area contributed by atoms with Crippen LogP contribution in [0.25, 0.3) is 0 Å². The summed E-state index contributed by atoms with van der Waals surface area (Å²) in [4.78, 5) is 8.48. The molecule has 0 saturated heterocycles. The molecule has 0 bridgehead atoms. The van der Waals surface area contributed by atoms with Gasteiger partial charge in [-0.25, -0.2) is 4.98 Å². The lowest BCUT2D eigenvalue weighted by Gasteiger charge is -2.14. The summed E-state index contributed by atoms with van der Waals surface area (Å²) in [7, 11) is 2.12. The molecule has 0 unspecified atom stereocenters. The molecule has 0 aliphatic heterocycles. The average molecular weight is 388 g/mol. The summed E-state index contributed by atoms with van der Waals surface area (Å²) >= 11 is 7.07. The number of aryl methyl sites for hydroxylation is 1. The van der Waals surface area contributed by atoms with E-state index in [1.54, 1.807) is 11.3 Å². The van der Waals surface area contributed by atoms with Crippen molar-refractivity contribution in [3.63, 3.8) is 0 Å². The highest BCUT2D eigenvalue weighted by Crippen LogP contribution is 2.29. The SMILES string of the molecule is CCCc1nc(N(C)Cc2csc(Br)c2)sc1CNCC. The fourth-order valence-corrected chi connectivity index (χ4v) is 4.35. The number of rotatable bonds is 8. The van der Waals surface area contributed by atoms with E-state index >= 15 is 0 Å². The average Bonchev–Trinajstić information content (AvgIpc) is 3.04. The number of hydrogen-bond acceptors (Lipinski definition) is 5. The van der Waals surface area contributed by atoms with Gasteiger partial charge in [0.15, 0.2) is 5.13 Å². The van der Waals surface area contributed by atoms with Gasteiger partial charge in [0, 0.05) is 25.0 Å². The Morgan fingerprint density at radius 2 is 2.19 bits per heavy atom. The molecule has 6 heteroatoms. The van der Waals surface area contributed by atoms with Crippen LogP contribution in [0.1, 0.15) is 36.4 Å². The molecule has 0 aliphatic rings. The van der Waals surface area contributed by atoms with E-state index in [0.717, 1.165) is 37.6 Å². The Morgan fingerprint density at radius 3 is 2.81 bits per heavy atom. The number of halogens is 1. The van der Waals surface area contributed by atoms with Crippen LogP contribution in [-0.2, 0) is 19.5 Å². The highest BCUT2D eigenvalue weighted by Gasteiger charge is 2.14. The molecule has 0 radical (unpaired) electrons. The van der Waals surface area contributed by atoms with Crippen LogP contribution >= 0.6 is 38.6 Å². The summed E-state index contributed by atoms with van der Waals surface area (Å²) in [6.45, 7) is 7.19. The smallest absolute Gasteiger partial charge is 0.185 e. The summed E-state index contributed by atoms with van der Waals surface area (Å²) in [6.07, 6.45) is 2.21. The van der Waals surface area contributed by atoms with Crippen LogP contribution in [-0.4, -0.2) is 18.6 Å². The van der Waals surface area contributed by atoms with E-state index in [4.69, 9.17) is 4.98 Å². The minimum Gasteiger partial charge on any atom is -0.347 e. The molecule has 2 aromatic rings. The molecule has 2 aromatic heterocycles. The van der Waals surface area contributed by atoms with E-state index in [9.17, 15) is 0 Å². The van der Waals surface area contributed by atoms with Crippen molar-refractivity contribution in [2.45, 2.75) is 39.8 Å². The van der Waals surface area contributed by atoms with Crippen LogP contribution < -0.4 is 10.2 Å². The van der Waals surface area contributed by atoms with Crippen molar-refractivity contribution in [2.24, 2.45) is 0 Å². The zero-order valence-corrected chi connectivity index (χ0v) is 16.0. The molecule has 21 heavy (non-hydrogen) atoms. The third-order valence-electron chi connectivity index (χ3n) is 3.16. The first-order chi connectivity index (χ1) is 10.1. The fourth-order valence-electron chi connectivity index (χ4n) is 2.11. The molecule has 0 amide bonds. The summed E-state index contributed by atoms with van der Waals surface area (Å²) in [5.41, 5.74) is 2.59. The van der Waals surface area contributed by atoms with Crippen LogP contribution in [0.15, 0.2) is 15.2 Å². The largest absolute Gasteiger partial charge is 0.347 e. The van der Waals surface area contributed by atoms with Crippen molar-refractivity contribution in [3.8, 4) is 0 Å². The molecule has 3 nitrogen and oxygen atoms in total. The molecule has 2 rings (SSSR count). The first-order valence-corrected chi connectivity index (χ1v) is 9.76. The monoisotopic (exact) mass is 387 g/mol. The second-order valence-corrected chi connectivity index (χ2v) is 8.36. The maximum atomic E-state index is 4.85. The van der Waals surface area contributed by atoms with E-state index in [0.29, 0.717) is 0 Å². The van der Waals surface area contributed by atoms with E-state index in [-0.39, 0.29) is 0 Å². The molecule has 116 valence electrons. The molecule has 0 fully saturated rings. The lowest BCUT2D eigenvalue weighted by atomic mass is 10.2. The van der Waals surface area contributed by atoms with E-state index < -0.39 is 0 Å². The molecule has 0 spiro atoms. The summed E-state index contributed by atoms with van der Waals surface area (Å²) in [5, 5.41) is 6.73. The van der Waals surface area contributed by atoms with Crippen molar-refractivity contribution < 1.29 is 0 Å².